The van der Waals surface area contributed by atoms with Crippen molar-refractivity contribution in [3.8, 4) is 6.07 Å². The molecule has 3 amide bonds. The Morgan fingerprint density at radius 1 is 1.56 bits per heavy atom. The first kappa shape index (κ1) is 13.9. The molecule has 0 fully saturated rings. The summed E-state index contributed by atoms with van der Waals surface area (Å²) in [6.45, 7) is 0.806. The summed E-state index contributed by atoms with van der Waals surface area (Å²) in [6.07, 6.45) is 0.595. The van der Waals surface area contributed by atoms with Crippen LogP contribution in [0.5, 0.6) is 0 Å². The molecule has 0 atom stereocenters. The van der Waals surface area contributed by atoms with Crippen LogP contribution in [0.25, 0.3) is 0 Å². The Hall–Kier alpha value is -2.14. The lowest BCUT2D eigenvalue weighted by Crippen LogP contribution is -2.42. The number of amides is 3. The molecule has 3 N–H and O–H groups in total. The minimum absolute atomic E-state index is 0.325. The van der Waals surface area contributed by atoms with Crippen molar-refractivity contribution in [2.45, 2.75) is 6.42 Å². The van der Waals surface area contributed by atoms with Crippen molar-refractivity contribution in [2.75, 3.05) is 20.3 Å². The van der Waals surface area contributed by atoms with Crippen molar-refractivity contribution in [2.24, 2.45) is 5.16 Å². The van der Waals surface area contributed by atoms with E-state index in [1.165, 1.54) is 13.2 Å². The van der Waals surface area contributed by atoms with Crippen molar-refractivity contribution >= 4 is 17.6 Å². The Morgan fingerprint density at radius 3 is 2.75 bits per heavy atom. The molecule has 0 heterocycles. The van der Waals surface area contributed by atoms with Crippen molar-refractivity contribution < 1.29 is 19.5 Å². The van der Waals surface area contributed by atoms with Crippen LogP contribution < -0.4 is 10.6 Å². The van der Waals surface area contributed by atoms with E-state index in [1.54, 1.807) is 0 Å². The smallest absolute Gasteiger partial charge is 0.321 e. The average Bonchev–Trinajstić information content (AvgIpc) is 2.26. The molecular weight excluding hydrogens is 216 g/mol. The molecule has 16 heavy (non-hydrogen) atoms. The number of rotatable bonds is 5. The highest BCUT2D eigenvalue weighted by Gasteiger charge is 2.14. The van der Waals surface area contributed by atoms with Crippen LogP contribution in [0.1, 0.15) is 6.42 Å². The summed E-state index contributed by atoms with van der Waals surface area (Å²) in [6, 6.07) is 0.555. The first-order valence-corrected chi connectivity index (χ1v) is 4.36. The zero-order valence-electron chi connectivity index (χ0n) is 8.69. The second kappa shape index (κ2) is 8.19. The first-order chi connectivity index (χ1) is 7.65. The van der Waals surface area contributed by atoms with Crippen LogP contribution in [0.3, 0.4) is 0 Å². The van der Waals surface area contributed by atoms with Gasteiger partial charge in [-0.3, -0.25) is 10.1 Å². The van der Waals surface area contributed by atoms with E-state index in [-0.39, 0.29) is 0 Å². The number of urea groups is 1. The molecule has 0 aliphatic rings. The normalized spacial score (nSPS) is 10.4. The van der Waals surface area contributed by atoms with E-state index < -0.39 is 17.6 Å². The maximum absolute atomic E-state index is 11.0. The fourth-order valence-electron chi connectivity index (χ4n) is 0.743. The van der Waals surface area contributed by atoms with Gasteiger partial charge in [0.05, 0.1) is 0 Å². The van der Waals surface area contributed by atoms with Crippen LogP contribution in [-0.2, 0) is 9.53 Å². The van der Waals surface area contributed by atoms with Gasteiger partial charge in [-0.05, 0) is 6.42 Å². The number of hydrogen-bond acceptors (Lipinski definition) is 6. The van der Waals surface area contributed by atoms with Gasteiger partial charge in [-0.25, -0.2) is 4.79 Å². The number of carbonyl (C=O) groups excluding carboxylic acids is 2. The van der Waals surface area contributed by atoms with E-state index in [0.717, 1.165) is 0 Å². The number of imide groups is 1. The number of nitriles is 1. The Bertz CT molecular complexity index is 320. The van der Waals surface area contributed by atoms with Crippen molar-refractivity contribution in [3.63, 3.8) is 0 Å². The predicted molar refractivity (Wildman–Crippen MR) is 52.9 cm³/mol. The Kier molecular flexibility index (Phi) is 7.10. The monoisotopic (exact) mass is 228 g/mol. The lowest BCUT2D eigenvalue weighted by Gasteiger charge is -2.04. The van der Waals surface area contributed by atoms with Crippen LogP contribution in [0.4, 0.5) is 4.79 Å². The molecule has 0 aromatic carbocycles. The molecule has 0 bridgehead atoms. The largest absolute Gasteiger partial charge is 0.410 e. The number of methoxy groups -OCH3 is 1. The molecule has 0 aromatic rings. The highest BCUT2D eigenvalue weighted by Crippen LogP contribution is 1.79. The van der Waals surface area contributed by atoms with E-state index in [4.69, 9.17) is 15.2 Å². The van der Waals surface area contributed by atoms with Gasteiger partial charge in [0.1, 0.15) is 6.07 Å². The van der Waals surface area contributed by atoms with Gasteiger partial charge < -0.3 is 15.3 Å². The third-order valence-corrected chi connectivity index (χ3v) is 1.46. The molecule has 8 nitrogen and oxygen atoms in total. The number of nitrogens with one attached hydrogen (secondary N) is 2. The second-order valence-electron chi connectivity index (χ2n) is 2.62. The molecule has 0 unspecified atom stereocenters. The van der Waals surface area contributed by atoms with Gasteiger partial charge in [-0.2, -0.15) is 5.26 Å². The number of hydrogen-bond donors (Lipinski definition) is 3. The molecule has 0 saturated carbocycles. The van der Waals surface area contributed by atoms with Crippen molar-refractivity contribution in [1.29, 1.82) is 5.26 Å². The van der Waals surface area contributed by atoms with E-state index in [9.17, 15) is 9.59 Å². The zero-order chi connectivity index (χ0) is 12.4. The summed E-state index contributed by atoms with van der Waals surface area (Å²) in [5.41, 5.74) is -0.785. The van der Waals surface area contributed by atoms with Gasteiger partial charge in [0.15, 0.2) is 0 Å². The maximum Gasteiger partial charge on any atom is 0.321 e. The average molecular weight is 228 g/mol. The van der Waals surface area contributed by atoms with E-state index in [2.05, 4.69) is 10.5 Å². The molecule has 88 valence electrons. The van der Waals surface area contributed by atoms with Crippen LogP contribution in [-0.4, -0.2) is 43.1 Å². The molecule has 0 aromatic heterocycles. The summed E-state index contributed by atoms with van der Waals surface area (Å²) < 4.78 is 4.74. The van der Waals surface area contributed by atoms with Gasteiger partial charge in [0, 0.05) is 20.3 Å². The van der Waals surface area contributed by atoms with Gasteiger partial charge in [0.25, 0.3) is 5.91 Å². The third kappa shape index (κ3) is 5.56. The molecule has 0 aliphatic carbocycles. The summed E-state index contributed by atoms with van der Waals surface area (Å²) in [7, 11) is 1.53. The van der Waals surface area contributed by atoms with E-state index >= 15 is 0 Å². The fraction of sp³-hybridized carbons (Fsp3) is 0.500. The lowest BCUT2D eigenvalue weighted by molar-refractivity contribution is -0.113. The summed E-state index contributed by atoms with van der Waals surface area (Å²) >= 11 is 0. The number of oxime groups is 1. The molecule has 8 heteroatoms. The predicted octanol–water partition coefficient (Wildman–Crippen LogP) is -0.798. The second-order valence-corrected chi connectivity index (χ2v) is 2.62. The molecule has 0 radical (unpaired) electrons. The molecule has 0 saturated heterocycles. The van der Waals surface area contributed by atoms with Gasteiger partial charge >= 0.3 is 6.03 Å². The van der Waals surface area contributed by atoms with Crippen LogP contribution in [0.15, 0.2) is 5.16 Å². The summed E-state index contributed by atoms with van der Waals surface area (Å²) in [4.78, 5) is 22.0. The number of ether oxygens (including phenoxy) is 1. The minimum Gasteiger partial charge on any atom is -0.410 e. The lowest BCUT2D eigenvalue weighted by atomic mass is 10.4. The highest BCUT2D eigenvalue weighted by molar-refractivity contribution is 6.46. The molecule has 0 rings (SSSR count). The Labute approximate surface area is 91.9 Å². The van der Waals surface area contributed by atoms with Gasteiger partial charge in [-0.15, -0.1) is 0 Å². The highest BCUT2D eigenvalue weighted by atomic mass is 16.5. The Morgan fingerprint density at radius 2 is 2.25 bits per heavy atom. The topological polar surface area (TPSA) is 124 Å². The molecule has 0 aliphatic heterocycles. The maximum atomic E-state index is 11.0. The van der Waals surface area contributed by atoms with Crippen molar-refractivity contribution in [3.05, 3.63) is 0 Å². The van der Waals surface area contributed by atoms with Gasteiger partial charge in [0.2, 0.25) is 5.71 Å². The first-order valence-electron chi connectivity index (χ1n) is 4.36. The van der Waals surface area contributed by atoms with Crippen molar-refractivity contribution in [1.82, 2.24) is 10.6 Å². The summed E-state index contributed by atoms with van der Waals surface area (Å²) in [5.74, 6) is -1.06. The standard InChI is InChI=1S/C8H12N4O4/c1-16-4-2-3-10-8(14)11-7(13)6(5-9)12-15/h15H,2-4H2,1H3,(H2,10,11,13,14). The minimum atomic E-state index is -1.06. The number of carbonyl (C=O) groups is 2. The van der Waals surface area contributed by atoms with Gasteiger partial charge in [-0.1, -0.05) is 5.16 Å². The van der Waals surface area contributed by atoms with Crippen LogP contribution in [0.2, 0.25) is 0 Å². The molecular formula is C8H12N4O4. The fourth-order valence-corrected chi connectivity index (χ4v) is 0.743. The summed E-state index contributed by atoms with van der Waals surface area (Å²) in [5, 5.41) is 23.1. The number of nitrogens with zero attached hydrogens (tertiary/aromatic N) is 2. The van der Waals surface area contributed by atoms with E-state index in [1.807, 2.05) is 5.32 Å². The van der Waals surface area contributed by atoms with Crippen LogP contribution in [0, 0.1) is 11.3 Å². The SMILES string of the molecule is COCCCNC(=O)NC(=O)C(C#N)=NO. The van der Waals surface area contributed by atoms with Crippen LogP contribution >= 0.6 is 0 Å². The Balaban J connectivity index is 3.89. The van der Waals surface area contributed by atoms with E-state index in [0.29, 0.717) is 19.6 Å². The zero-order valence-corrected chi connectivity index (χ0v) is 8.69. The quantitative estimate of drug-likeness (QED) is 0.246. The third-order valence-electron chi connectivity index (χ3n) is 1.46. The molecule has 0 spiro atoms.